The third-order valence-corrected chi connectivity index (χ3v) is 5.11. The lowest BCUT2D eigenvalue weighted by molar-refractivity contribution is 0.0696. The van der Waals surface area contributed by atoms with E-state index in [1.54, 1.807) is 0 Å². The molecule has 0 amide bonds. The third-order valence-electron chi connectivity index (χ3n) is 5.11. The zero-order chi connectivity index (χ0) is 14.9. The Kier molecular flexibility index (Phi) is 4.37. The van der Waals surface area contributed by atoms with E-state index in [0.717, 1.165) is 24.9 Å². The number of piperazine rings is 1. The van der Waals surface area contributed by atoms with Crippen molar-refractivity contribution in [1.29, 1.82) is 0 Å². The van der Waals surface area contributed by atoms with Gasteiger partial charge < -0.3 is 5.32 Å². The van der Waals surface area contributed by atoms with Crippen LogP contribution in [-0.2, 0) is 5.54 Å². The predicted octanol–water partition coefficient (Wildman–Crippen LogP) is 3.63. The van der Waals surface area contributed by atoms with Crippen molar-refractivity contribution in [3.05, 3.63) is 35.9 Å². The highest BCUT2D eigenvalue weighted by Crippen LogP contribution is 2.34. The summed E-state index contributed by atoms with van der Waals surface area (Å²) in [5.41, 5.74) is 1.53. The van der Waals surface area contributed by atoms with Crippen molar-refractivity contribution in [3.63, 3.8) is 0 Å². The monoisotopic (exact) mass is 286 g/mol. The van der Waals surface area contributed by atoms with E-state index < -0.39 is 0 Å². The Bertz CT molecular complexity index is 452. The molecule has 21 heavy (non-hydrogen) atoms. The molecule has 0 bridgehead atoms. The van der Waals surface area contributed by atoms with Crippen molar-refractivity contribution < 1.29 is 0 Å². The van der Waals surface area contributed by atoms with Crippen LogP contribution in [0.1, 0.15) is 45.6 Å². The molecule has 1 aliphatic carbocycles. The molecule has 0 radical (unpaired) electrons. The van der Waals surface area contributed by atoms with Crippen LogP contribution >= 0.6 is 0 Å². The lowest BCUT2D eigenvalue weighted by Gasteiger charge is -2.47. The minimum absolute atomic E-state index is 0.101. The van der Waals surface area contributed by atoms with Gasteiger partial charge in [0.05, 0.1) is 5.54 Å². The van der Waals surface area contributed by atoms with Crippen LogP contribution in [-0.4, -0.2) is 30.6 Å². The normalized spacial score (nSPS) is 30.8. The van der Waals surface area contributed by atoms with Gasteiger partial charge in [-0.15, -0.1) is 0 Å². The summed E-state index contributed by atoms with van der Waals surface area (Å²) in [5, 5.41) is 3.85. The quantitative estimate of drug-likeness (QED) is 0.889. The van der Waals surface area contributed by atoms with Crippen LogP contribution in [0.4, 0.5) is 0 Å². The van der Waals surface area contributed by atoms with E-state index in [-0.39, 0.29) is 5.54 Å². The molecule has 2 unspecified atom stereocenters. The van der Waals surface area contributed by atoms with Crippen molar-refractivity contribution in [2.75, 3.05) is 19.6 Å². The number of nitrogens with zero attached hydrogens (tertiary/aromatic N) is 1. The van der Waals surface area contributed by atoms with Gasteiger partial charge in [-0.05, 0) is 43.6 Å². The Labute approximate surface area is 129 Å². The molecule has 1 aromatic carbocycles. The first-order chi connectivity index (χ1) is 10.1. The van der Waals surface area contributed by atoms with Gasteiger partial charge in [0.15, 0.2) is 0 Å². The van der Waals surface area contributed by atoms with Crippen molar-refractivity contribution in [2.45, 2.75) is 51.6 Å². The molecule has 0 spiro atoms. The highest BCUT2D eigenvalue weighted by molar-refractivity contribution is 5.25. The number of rotatable bonds is 5. The minimum atomic E-state index is 0.101. The first-order valence-corrected chi connectivity index (χ1v) is 8.61. The average Bonchev–Trinajstić information content (AvgIpc) is 3.27. The topological polar surface area (TPSA) is 15.3 Å². The number of hydrogen-bond acceptors (Lipinski definition) is 2. The van der Waals surface area contributed by atoms with E-state index in [2.05, 4.69) is 61.3 Å². The first-order valence-electron chi connectivity index (χ1n) is 8.61. The standard InChI is InChI=1S/C19H30N2/c1-15(2)11-18-12-20-19(3,17-7-5-4-6-8-17)14-21(18)13-16-9-10-16/h4-8,15-16,18,20H,9-14H2,1-3H3. The molecule has 1 N–H and O–H groups in total. The minimum Gasteiger partial charge on any atom is -0.305 e. The van der Waals surface area contributed by atoms with Crippen LogP contribution < -0.4 is 5.32 Å². The summed E-state index contributed by atoms with van der Waals surface area (Å²) in [4.78, 5) is 2.78. The molecule has 2 heteroatoms. The summed E-state index contributed by atoms with van der Waals surface area (Å²) >= 11 is 0. The van der Waals surface area contributed by atoms with E-state index in [0.29, 0.717) is 6.04 Å². The fourth-order valence-electron chi connectivity index (χ4n) is 3.68. The lowest BCUT2D eigenvalue weighted by atomic mass is 9.86. The largest absolute Gasteiger partial charge is 0.305 e. The van der Waals surface area contributed by atoms with Crippen LogP contribution in [0.15, 0.2) is 30.3 Å². The van der Waals surface area contributed by atoms with Crippen LogP contribution in [0.3, 0.4) is 0 Å². The Morgan fingerprint density at radius 3 is 2.57 bits per heavy atom. The molecule has 1 saturated heterocycles. The zero-order valence-electron chi connectivity index (χ0n) is 13.8. The number of benzene rings is 1. The molecular weight excluding hydrogens is 256 g/mol. The fourth-order valence-corrected chi connectivity index (χ4v) is 3.68. The van der Waals surface area contributed by atoms with Crippen molar-refractivity contribution in [1.82, 2.24) is 10.2 Å². The van der Waals surface area contributed by atoms with Gasteiger partial charge in [0.2, 0.25) is 0 Å². The van der Waals surface area contributed by atoms with Crippen LogP contribution in [0.5, 0.6) is 0 Å². The molecule has 0 aromatic heterocycles. The van der Waals surface area contributed by atoms with E-state index in [9.17, 15) is 0 Å². The van der Waals surface area contributed by atoms with Crippen LogP contribution in [0.2, 0.25) is 0 Å². The van der Waals surface area contributed by atoms with Crippen molar-refractivity contribution >= 4 is 0 Å². The van der Waals surface area contributed by atoms with Gasteiger partial charge in [0.25, 0.3) is 0 Å². The Morgan fingerprint density at radius 2 is 1.95 bits per heavy atom. The third kappa shape index (κ3) is 3.67. The van der Waals surface area contributed by atoms with Gasteiger partial charge in [-0.3, -0.25) is 4.90 Å². The molecule has 1 heterocycles. The molecule has 1 saturated carbocycles. The van der Waals surface area contributed by atoms with E-state index in [1.165, 1.54) is 31.4 Å². The summed E-state index contributed by atoms with van der Waals surface area (Å²) in [6.07, 6.45) is 4.20. The second kappa shape index (κ2) is 6.10. The lowest BCUT2D eigenvalue weighted by Crippen LogP contribution is -2.61. The van der Waals surface area contributed by atoms with E-state index >= 15 is 0 Å². The smallest absolute Gasteiger partial charge is 0.0535 e. The molecule has 116 valence electrons. The van der Waals surface area contributed by atoms with Gasteiger partial charge in [0.1, 0.15) is 0 Å². The van der Waals surface area contributed by atoms with Gasteiger partial charge >= 0.3 is 0 Å². The summed E-state index contributed by atoms with van der Waals surface area (Å²) in [5.74, 6) is 1.75. The molecule has 2 nitrogen and oxygen atoms in total. The predicted molar refractivity (Wildman–Crippen MR) is 89.3 cm³/mol. The first kappa shape index (κ1) is 15.1. The number of hydrogen-bond donors (Lipinski definition) is 1. The molecule has 2 aliphatic rings. The highest BCUT2D eigenvalue weighted by Gasteiger charge is 2.39. The second-order valence-electron chi connectivity index (χ2n) is 7.74. The molecule has 1 aliphatic heterocycles. The van der Waals surface area contributed by atoms with Gasteiger partial charge in [0, 0.05) is 25.7 Å². The number of nitrogens with one attached hydrogen (secondary N) is 1. The van der Waals surface area contributed by atoms with Crippen molar-refractivity contribution in [2.24, 2.45) is 11.8 Å². The maximum atomic E-state index is 3.85. The molecule has 2 atom stereocenters. The van der Waals surface area contributed by atoms with Crippen molar-refractivity contribution in [3.8, 4) is 0 Å². The molecule has 2 fully saturated rings. The van der Waals surface area contributed by atoms with Gasteiger partial charge in [-0.2, -0.15) is 0 Å². The maximum absolute atomic E-state index is 3.85. The van der Waals surface area contributed by atoms with E-state index in [4.69, 9.17) is 0 Å². The summed E-state index contributed by atoms with van der Waals surface area (Å²) < 4.78 is 0. The summed E-state index contributed by atoms with van der Waals surface area (Å²) in [6, 6.07) is 11.7. The van der Waals surface area contributed by atoms with Crippen LogP contribution in [0.25, 0.3) is 0 Å². The Hall–Kier alpha value is -0.860. The maximum Gasteiger partial charge on any atom is 0.0535 e. The Balaban J connectivity index is 1.74. The Morgan fingerprint density at radius 1 is 1.24 bits per heavy atom. The van der Waals surface area contributed by atoms with Gasteiger partial charge in [-0.25, -0.2) is 0 Å². The fraction of sp³-hybridized carbons (Fsp3) is 0.684. The summed E-state index contributed by atoms with van der Waals surface area (Å²) in [7, 11) is 0. The molecular formula is C19H30N2. The zero-order valence-corrected chi connectivity index (χ0v) is 13.8. The summed E-state index contributed by atoms with van der Waals surface area (Å²) in [6.45, 7) is 10.6. The van der Waals surface area contributed by atoms with E-state index in [1.807, 2.05) is 0 Å². The molecule has 1 aromatic rings. The SMILES string of the molecule is CC(C)CC1CNC(C)(c2ccccc2)CN1CC1CC1. The van der Waals surface area contributed by atoms with Gasteiger partial charge in [-0.1, -0.05) is 44.2 Å². The highest BCUT2D eigenvalue weighted by atomic mass is 15.3. The average molecular weight is 286 g/mol. The molecule has 3 rings (SSSR count). The van der Waals surface area contributed by atoms with Crippen LogP contribution in [0, 0.1) is 11.8 Å². The second-order valence-corrected chi connectivity index (χ2v) is 7.74.